The van der Waals surface area contributed by atoms with Crippen molar-refractivity contribution in [3.63, 3.8) is 0 Å². The van der Waals surface area contributed by atoms with Gasteiger partial charge in [0, 0.05) is 7.11 Å². The zero-order chi connectivity index (χ0) is 14.0. The standard InChI is InChI=1S/C3H7NO2.C3H6O3.CH4O.H4N2.H2O/c4-1-3(6)2-5;1-6-3(5)2-4;2*1-2;/h5H,1-2,4H2;4H,2H2,1H3;2H,1H3;1-2H2;1H2. The van der Waals surface area contributed by atoms with Crippen molar-refractivity contribution in [3.05, 3.63) is 0 Å². The van der Waals surface area contributed by atoms with Crippen LogP contribution < -0.4 is 17.4 Å². The van der Waals surface area contributed by atoms with E-state index in [1.54, 1.807) is 0 Å². The summed E-state index contributed by atoms with van der Waals surface area (Å²) in [6, 6.07) is 0. The average molecular weight is 261 g/mol. The molecule has 0 aromatic rings. The number of carbonyl (C=O) groups excluding carboxylic acids is 2. The molecule has 11 N–H and O–H groups in total. The summed E-state index contributed by atoms with van der Waals surface area (Å²) < 4.78 is 4.01. The molecule has 0 aliphatic rings. The summed E-state index contributed by atoms with van der Waals surface area (Å²) in [6.07, 6.45) is 0. The van der Waals surface area contributed by atoms with Gasteiger partial charge in [0.15, 0.2) is 5.78 Å². The van der Waals surface area contributed by atoms with Crippen molar-refractivity contribution in [2.75, 3.05) is 34.0 Å². The van der Waals surface area contributed by atoms with Gasteiger partial charge in [0.1, 0.15) is 13.2 Å². The molecule has 0 saturated carbocycles. The fraction of sp³-hybridized carbons (Fsp3) is 0.714. The van der Waals surface area contributed by atoms with Gasteiger partial charge in [-0.2, -0.15) is 0 Å². The zero-order valence-corrected chi connectivity index (χ0v) is 9.92. The smallest absolute Gasteiger partial charge is 0.331 e. The highest BCUT2D eigenvalue weighted by atomic mass is 16.5. The molecule has 0 bridgehead atoms. The van der Waals surface area contributed by atoms with Crippen LogP contribution in [0.25, 0.3) is 0 Å². The Bertz CT molecular complexity index is 117. The van der Waals surface area contributed by atoms with Crippen molar-refractivity contribution in [2.24, 2.45) is 17.4 Å². The van der Waals surface area contributed by atoms with Crippen LogP contribution in [-0.2, 0) is 14.3 Å². The first-order valence-electron chi connectivity index (χ1n) is 3.90. The Balaban J connectivity index is -0.0000000417. The van der Waals surface area contributed by atoms with Crippen LogP contribution in [-0.4, -0.2) is 66.5 Å². The van der Waals surface area contributed by atoms with E-state index in [1.807, 2.05) is 0 Å². The summed E-state index contributed by atoms with van der Waals surface area (Å²) >= 11 is 0. The molecule has 0 spiro atoms. The lowest BCUT2D eigenvalue weighted by atomic mass is 10.4. The van der Waals surface area contributed by atoms with Crippen LogP contribution in [0.3, 0.4) is 0 Å². The molecule has 0 aliphatic heterocycles. The lowest BCUT2D eigenvalue weighted by molar-refractivity contribution is -0.143. The van der Waals surface area contributed by atoms with Gasteiger partial charge in [-0.1, -0.05) is 0 Å². The van der Waals surface area contributed by atoms with Gasteiger partial charge in [0.2, 0.25) is 0 Å². The number of hydrazine groups is 1. The van der Waals surface area contributed by atoms with Crippen LogP contribution in [0.5, 0.6) is 0 Å². The van der Waals surface area contributed by atoms with Crippen LogP contribution in [0.4, 0.5) is 0 Å². The molecule has 0 unspecified atom stereocenters. The van der Waals surface area contributed by atoms with Crippen LogP contribution in [0.15, 0.2) is 0 Å². The highest BCUT2D eigenvalue weighted by molar-refractivity contribution is 5.81. The number of ketones is 1. The fourth-order valence-corrected chi connectivity index (χ4v) is 0.129. The van der Waals surface area contributed by atoms with Gasteiger partial charge in [-0.3, -0.25) is 16.5 Å². The lowest BCUT2D eigenvalue weighted by Gasteiger charge is -1.86. The van der Waals surface area contributed by atoms with E-state index in [9.17, 15) is 9.59 Å². The van der Waals surface area contributed by atoms with E-state index in [0.717, 1.165) is 7.11 Å². The quantitative estimate of drug-likeness (QED) is 0.163. The first-order chi connectivity index (χ1) is 7.62. The van der Waals surface area contributed by atoms with Crippen LogP contribution in [0.2, 0.25) is 0 Å². The number of rotatable bonds is 3. The van der Waals surface area contributed by atoms with Gasteiger partial charge >= 0.3 is 5.97 Å². The van der Waals surface area contributed by atoms with Gasteiger partial charge in [-0.15, -0.1) is 0 Å². The van der Waals surface area contributed by atoms with Crippen molar-refractivity contribution < 1.29 is 35.1 Å². The van der Waals surface area contributed by atoms with Crippen molar-refractivity contribution in [3.8, 4) is 0 Å². The first-order valence-corrected chi connectivity index (χ1v) is 3.90. The fourth-order valence-electron chi connectivity index (χ4n) is 0.129. The number of carbonyl (C=O) groups is 2. The molecule has 0 fully saturated rings. The number of hydrogen-bond donors (Lipinski definition) is 6. The van der Waals surface area contributed by atoms with E-state index in [2.05, 4.69) is 16.4 Å². The minimum absolute atomic E-state index is 0. The highest BCUT2D eigenvalue weighted by Crippen LogP contribution is 1.63. The van der Waals surface area contributed by atoms with E-state index >= 15 is 0 Å². The number of esters is 1. The van der Waals surface area contributed by atoms with E-state index in [0.29, 0.717) is 0 Å². The minimum Gasteiger partial charge on any atom is -0.467 e. The Kier molecular flexibility index (Phi) is 63.5. The summed E-state index contributed by atoms with van der Waals surface area (Å²) in [5, 5.41) is 22.8. The molecule has 108 valence electrons. The number of aliphatic hydroxyl groups is 3. The molecule has 17 heavy (non-hydrogen) atoms. The van der Waals surface area contributed by atoms with Crippen LogP contribution in [0.1, 0.15) is 0 Å². The van der Waals surface area contributed by atoms with Gasteiger partial charge in [0.05, 0.1) is 13.7 Å². The topological polar surface area (TPSA) is 214 Å². The summed E-state index contributed by atoms with van der Waals surface area (Å²) in [5.74, 6) is 7.07. The maximum Gasteiger partial charge on any atom is 0.331 e. The third-order valence-corrected chi connectivity index (χ3v) is 0.761. The largest absolute Gasteiger partial charge is 0.467 e. The number of aliphatic hydroxyl groups excluding tert-OH is 3. The maximum absolute atomic E-state index is 9.81. The Morgan fingerprint density at radius 1 is 1.12 bits per heavy atom. The lowest BCUT2D eigenvalue weighted by Crippen LogP contribution is -2.16. The number of methoxy groups -OCH3 is 1. The average Bonchev–Trinajstić information content (AvgIpc) is 2.41. The maximum atomic E-state index is 9.81. The zero-order valence-electron chi connectivity index (χ0n) is 9.92. The van der Waals surface area contributed by atoms with Gasteiger partial charge in [-0.05, 0) is 0 Å². The van der Waals surface area contributed by atoms with Crippen molar-refractivity contribution >= 4 is 11.8 Å². The summed E-state index contributed by atoms with van der Waals surface area (Å²) in [5.41, 5.74) is 4.77. The van der Waals surface area contributed by atoms with E-state index in [4.69, 9.17) is 21.1 Å². The Labute approximate surface area is 99.2 Å². The molecule has 0 aromatic carbocycles. The third-order valence-electron chi connectivity index (χ3n) is 0.761. The number of Topliss-reactive ketones (excluding diaryl/α,β-unsaturated/α-hetero) is 1. The highest BCUT2D eigenvalue weighted by Gasteiger charge is 1.89. The van der Waals surface area contributed by atoms with Gasteiger partial charge in [-0.25, -0.2) is 4.79 Å². The van der Waals surface area contributed by atoms with E-state index in [1.165, 1.54) is 7.11 Å². The monoisotopic (exact) mass is 261 g/mol. The molecule has 0 rings (SSSR count). The summed E-state index contributed by atoms with van der Waals surface area (Å²) in [7, 11) is 2.22. The molecule has 0 radical (unpaired) electrons. The number of ether oxygens (including phenoxy) is 1. The van der Waals surface area contributed by atoms with Crippen molar-refractivity contribution in [1.29, 1.82) is 0 Å². The molecule has 0 amide bonds. The molecular weight excluding hydrogens is 238 g/mol. The summed E-state index contributed by atoms with van der Waals surface area (Å²) in [6.45, 7) is -1.02. The minimum atomic E-state index is -0.602. The van der Waals surface area contributed by atoms with Crippen molar-refractivity contribution in [2.45, 2.75) is 0 Å². The van der Waals surface area contributed by atoms with E-state index in [-0.39, 0.29) is 17.8 Å². The molecule has 10 heteroatoms. The summed E-state index contributed by atoms with van der Waals surface area (Å²) in [4.78, 5) is 19.5. The molecule has 0 aromatic heterocycles. The van der Waals surface area contributed by atoms with Gasteiger partial charge < -0.3 is 31.3 Å². The predicted octanol–water partition coefficient (Wildman–Crippen LogP) is -4.74. The second kappa shape index (κ2) is 36.4. The second-order valence-electron chi connectivity index (χ2n) is 1.64. The Hall–Kier alpha value is -1.14. The predicted molar refractivity (Wildman–Crippen MR) is 60.4 cm³/mol. The molecule has 0 saturated heterocycles. The Morgan fingerprint density at radius 2 is 1.47 bits per heavy atom. The van der Waals surface area contributed by atoms with Crippen LogP contribution >= 0.6 is 0 Å². The Morgan fingerprint density at radius 3 is 1.47 bits per heavy atom. The molecule has 10 nitrogen and oxygen atoms in total. The SMILES string of the molecule is CO.COC(=O)CO.NCC(=O)CO.NN.O. The van der Waals surface area contributed by atoms with Crippen LogP contribution in [0, 0.1) is 0 Å². The normalized spacial score (nSPS) is 6.35. The number of nitrogens with two attached hydrogens (primary N) is 3. The first kappa shape index (κ1) is 29.7. The molecule has 0 heterocycles. The third kappa shape index (κ3) is 52.2. The van der Waals surface area contributed by atoms with Gasteiger partial charge in [0.25, 0.3) is 0 Å². The molecule has 0 atom stereocenters. The number of hydrogen-bond acceptors (Lipinski definition) is 9. The second-order valence-corrected chi connectivity index (χ2v) is 1.64. The van der Waals surface area contributed by atoms with Crippen molar-refractivity contribution in [1.82, 2.24) is 0 Å². The molecule has 0 aliphatic carbocycles. The van der Waals surface area contributed by atoms with E-state index < -0.39 is 19.2 Å². The molecular formula is C7H23N3O7.